The van der Waals surface area contributed by atoms with Crippen molar-refractivity contribution in [3.05, 3.63) is 10.7 Å². The van der Waals surface area contributed by atoms with Crippen molar-refractivity contribution < 1.29 is 30.2 Å². The Balaban J connectivity index is 3.15. The van der Waals surface area contributed by atoms with Gasteiger partial charge in [-0.05, 0) is 6.92 Å². The first-order valence-corrected chi connectivity index (χ1v) is 4.43. The molecule has 0 N–H and O–H groups in total. The zero-order valence-electron chi connectivity index (χ0n) is 6.22. The molecule has 0 radical (unpaired) electrons. The second-order valence-corrected chi connectivity index (χ2v) is 4.09. The summed E-state index contributed by atoms with van der Waals surface area (Å²) in [6.07, 6.45) is -8.02. The molecule has 1 aliphatic rings. The number of rotatable bonds is 0. The van der Waals surface area contributed by atoms with E-state index in [0.717, 1.165) is 6.92 Å². The van der Waals surface area contributed by atoms with Crippen LogP contribution in [0.1, 0.15) is 6.92 Å². The standard InChI is InChI=1S/C5H4F4O3S/c1-2-3(6)4(5(7,8)9)12-13(2,10)11/h4H,1H3. The smallest absolute Gasteiger partial charge is 0.246 e. The maximum absolute atomic E-state index is 12.6. The second-order valence-electron chi connectivity index (χ2n) is 2.38. The van der Waals surface area contributed by atoms with E-state index < -0.39 is 33.1 Å². The third kappa shape index (κ3) is 1.68. The maximum atomic E-state index is 12.6. The topological polar surface area (TPSA) is 43.4 Å². The molecule has 0 bridgehead atoms. The molecule has 1 unspecified atom stereocenters. The molecule has 0 saturated carbocycles. The molecule has 0 aromatic heterocycles. The summed E-state index contributed by atoms with van der Waals surface area (Å²) in [5, 5.41) is 0. The monoisotopic (exact) mass is 220 g/mol. The number of halogens is 4. The highest BCUT2D eigenvalue weighted by atomic mass is 32.2. The first kappa shape index (κ1) is 10.5. The average Bonchev–Trinajstić information content (AvgIpc) is 2.12. The van der Waals surface area contributed by atoms with E-state index in [1.165, 1.54) is 0 Å². The SMILES string of the molecule is CC1=C(F)C(C(F)(F)F)OS1(=O)=O. The van der Waals surface area contributed by atoms with Gasteiger partial charge in [0, 0.05) is 0 Å². The fraction of sp³-hybridized carbons (Fsp3) is 0.600. The zero-order chi connectivity index (χ0) is 10.4. The maximum Gasteiger partial charge on any atom is 0.422 e. The highest BCUT2D eigenvalue weighted by molar-refractivity contribution is 7.90. The van der Waals surface area contributed by atoms with E-state index in [2.05, 4.69) is 4.18 Å². The first-order chi connectivity index (χ1) is 5.66. The van der Waals surface area contributed by atoms with Crippen molar-refractivity contribution in [3.8, 4) is 0 Å². The van der Waals surface area contributed by atoms with Crippen LogP contribution in [-0.2, 0) is 14.3 Å². The van der Waals surface area contributed by atoms with Gasteiger partial charge in [-0.3, -0.25) is 0 Å². The molecule has 8 heteroatoms. The summed E-state index contributed by atoms with van der Waals surface area (Å²) >= 11 is 0. The average molecular weight is 220 g/mol. The lowest BCUT2D eigenvalue weighted by Gasteiger charge is -2.11. The van der Waals surface area contributed by atoms with Gasteiger partial charge < -0.3 is 0 Å². The molecule has 0 saturated heterocycles. The Hall–Kier alpha value is -0.630. The van der Waals surface area contributed by atoms with Crippen LogP contribution in [0.2, 0.25) is 0 Å². The molecule has 0 aliphatic carbocycles. The lowest BCUT2D eigenvalue weighted by molar-refractivity contribution is -0.184. The first-order valence-electron chi connectivity index (χ1n) is 3.02. The molecule has 1 heterocycles. The van der Waals surface area contributed by atoms with Gasteiger partial charge in [0.2, 0.25) is 6.10 Å². The van der Waals surface area contributed by atoms with Gasteiger partial charge >= 0.3 is 6.18 Å². The Morgan fingerprint density at radius 1 is 1.38 bits per heavy atom. The summed E-state index contributed by atoms with van der Waals surface area (Å²) in [5.74, 6) is -1.80. The highest BCUT2D eigenvalue weighted by Gasteiger charge is 2.53. The molecule has 1 rings (SSSR count). The van der Waals surface area contributed by atoms with Crippen molar-refractivity contribution in [2.75, 3.05) is 0 Å². The molecule has 1 atom stereocenters. The minimum absolute atomic E-state index is 0.719. The third-order valence-electron chi connectivity index (χ3n) is 1.46. The van der Waals surface area contributed by atoms with E-state index in [4.69, 9.17) is 0 Å². The Morgan fingerprint density at radius 3 is 2.00 bits per heavy atom. The number of alkyl halides is 3. The van der Waals surface area contributed by atoms with Gasteiger partial charge in [0.05, 0.1) is 0 Å². The molecule has 3 nitrogen and oxygen atoms in total. The van der Waals surface area contributed by atoms with E-state index in [-0.39, 0.29) is 0 Å². The van der Waals surface area contributed by atoms with Gasteiger partial charge in [0.15, 0.2) is 5.83 Å². The van der Waals surface area contributed by atoms with Crippen molar-refractivity contribution in [3.63, 3.8) is 0 Å². The molecule has 0 aromatic carbocycles. The lowest BCUT2D eigenvalue weighted by atomic mass is 10.3. The number of hydrogen-bond donors (Lipinski definition) is 0. The summed E-state index contributed by atoms with van der Waals surface area (Å²) in [5.41, 5.74) is 0. The van der Waals surface area contributed by atoms with Crippen LogP contribution < -0.4 is 0 Å². The predicted molar refractivity (Wildman–Crippen MR) is 33.7 cm³/mol. The van der Waals surface area contributed by atoms with Crippen LogP contribution >= 0.6 is 0 Å². The summed E-state index contributed by atoms with van der Waals surface area (Å²) in [6, 6.07) is 0. The van der Waals surface area contributed by atoms with Crippen LogP contribution in [0.4, 0.5) is 17.6 Å². The van der Waals surface area contributed by atoms with Gasteiger partial charge in [-0.2, -0.15) is 21.6 Å². The van der Waals surface area contributed by atoms with Crippen LogP contribution in [0.25, 0.3) is 0 Å². The predicted octanol–water partition coefficient (Wildman–Crippen LogP) is 1.48. The van der Waals surface area contributed by atoms with Crippen LogP contribution in [0, 0.1) is 0 Å². The molecular weight excluding hydrogens is 216 g/mol. The van der Waals surface area contributed by atoms with Crippen molar-refractivity contribution in [2.24, 2.45) is 0 Å². The molecule has 76 valence electrons. The van der Waals surface area contributed by atoms with Gasteiger partial charge in [-0.25, -0.2) is 8.57 Å². The van der Waals surface area contributed by atoms with E-state index in [9.17, 15) is 26.0 Å². The molecule has 0 spiro atoms. The van der Waals surface area contributed by atoms with Crippen LogP contribution in [0.15, 0.2) is 10.7 Å². The fourth-order valence-corrected chi connectivity index (χ4v) is 1.68. The number of hydrogen-bond acceptors (Lipinski definition) is 3. The van der Waals surface area contributed by atoms with Crippen molar-refractivity contribution in [2.45, 2.75) is 19.2 Å². The van der Waals surface area contributed by atoms with Crippen molar-refractivity contribution >= 4 is 10.1 Å². The Labute approximate surface area is 71.1 Å². The summed E-state index contributed by atoms with van der Waals surface area (Å²) < 4.78 is 73.0. The van der Waals surface area contributed by atoms with Gasteiger partial charge in [0.1, 0.15) is 4.91 Å². The molecule has 0 fully saturated rings. The highest BCUT2D eigenvalue weighted by Crippen LogP contribution is 2.38. The van der Waals surface area contributed by atoms with Crippen LogP contribution in [0.3, 0.4) is 0 Å². The normalized spacial score (nSPS) is 28.2. The summed E-state index contributed by atoms with van der Waals surface area (Å²) in [7, 11) is -4.52. The largest absolute Gasteiger partial charge is 0.422 e. The third-order valence-corrected chi connectivity index (χ3v) is 2.85. The molecule has 13 heavy (non-hydrogen) atoms. The van der Waals surface area contributed by atoms with Crippen LogP contribution in [0.5, 0.6) is 0 Å². The number of allylic oxidation sites excluding steroid dienone is 1. The molecule has 1 aliphatic heterocycles. The molecular formula is C5H4F4O3S. The van der Waals surface area contributed by atoms with E-state index in [1.807, 2.05) is 0 Å². The Bertz CT molecular complexity index is 352. The van der Waals surface area contributed by atoms with Crippen molar-refractivity contribution in [1.82, 2.24) is 0 Å². The van der Waals surface area contributed by atoms with E-state index >= 15 is 0 Å². The Kier molecular flexibility index (Phi) is 2.15. The lowest BCUT2D eigenvalue weighted by Crippen LogP contribution is -2.30. The quantitative estimate of drug-likeness (QED) is 0.458. The van der Waals surface area contributed by atoms with Crippen molar-refractivity contribution in [1.29, 1.82) is 0 Å². The van der Waals surface area contributed by atoms with Gasteiger partial charge in [0.25, 0.3) is 10.1 Å². The fourth-order valence-electron chi connectivity index (χ4n) is 0.743. The minimum Gasteiger partial charge on any atom is -0.246 e. The summed E-state index contributed by atoms with van der Waals surface area (Å²) in [4.78, 5) is -1.02. The molecule has 0 amide bonds. The Morgan fingerprint density at radius 2 is 1.85 bits per heavy atom. The van der Waals surface area contributed by atoms with Gasteiger partial charge in [-0.1, -0.05) is 0 Å². The van der Waals surface area contributed by atoms with E-state index in [1.54, 1.807) is 0 Å². The van der Waals surface area contributed by atoms with E-state index in [0.29, 0.717) is 0 Å². The summed E-state index contributed by atoms with van der Waals surface area (Å²) in [6.45, 7) is 0.719. The van der Waals surface area contributed by atoms with Gasteiger partial charge in [-0.15, -0.1) is 0 Å². The molecule has 0 aromatic rings. The minimum atomic E-state index is -5.05. The second kappa shape index (κ2) is 2.68. The van der Waals surface area contributed by atoms with Crippen LogP contribution in [-0.4, -0.2) is 20.7 Å². The zero-order valence-corrected chi connectivity index (χ0v) is 7.04.